The van der Waals surface area contributed by atoms with Crippen molar-refractivity contribution in [1.82, 2.24) is 0 Å². The quantitative estimate of drug-likeness (QED) is 0.450. The third-order valence-corrected chi connectivity index (χ3v) is 2.92. The van der Waals surface area contributed by atoms with E-state index < -0.39 is 5.56 Å². The van der Waals surface area contributed by atoms with Gasteiger partial charge in [-0.3, -0.25) is 4.79 Å². The summed E-state index contributed by atoms with van der Waals surface area (Å²) in [6, 6.07) is 4.96. The number of rotatable bonds is 6. The maximum absolute atomic E-state index is 10.4. The maximum Gasteiger partial charge on any atom is 0.298 e. The first kappa shape index (κ1) is 13.0. The van der Waals surface area contributed by atoms with Gasteiger partial charge in [0.15, 0.2) is 11.5 Å². The molecule has 98 valence electrons. The van der Waals surface area contributed by atoms with E-state index in [2.05, 4.69) is 0 Å². The van der Waals surface area contributed by atoms with Gasteiger partial charge in [-0.05, 0) is 19.1 Å². The fourth-order valence-corrected chi connectivity index (χ4v) is 1.93. The molecular weight excluding hydrogens is 260 g/mol. The maximum atomic E-state index is 10.4. The van der Waals surface area contributed by atoms with Crippen LogP contribution in [-0.2, 0) is 9.53 Å². The first-order valence-electron chi connectivity index (χ1n) is 5.41. The van der Waals surface area contributed by atoms with Crippen molar-refractivity contribution in [1.29, 1.82) is 0 Å². The molecule has 1 heterocycles. The molecule has 1 aromatic rings. The number of para-hydroxylation sites is 1. The van der Waals surface area contributed by atoms with Crippen molar-refractivity contribution in [2.75, 3.05) is 7.11 Å². The predicted octanol–water partition coefficient (Wildman–Crippen LogP) is 1.96. The van der Waals surface area contributed by atoms with Crippen LogP contribution >= 0.6 is 11.6 Å². The fraction of sp³-hybridized carbons (Fsp3) is 0.417. The van der Waals surface area contributed by atoms with E-state index >= 15 is 0 Å². The molecule has 0 amide bonds. The van der Waals surface area contributed by atoms with E-state index in [-0.39, 0.29) is 23.7 Å². The van der Waals surface area contributed by atoms with Crippen molar-refractivity contribution in [3.05, 3.63) is 18.2 Å². The molecule has 2 rings (SSSR count). The lowest BCUT2D eigenvalue weighted by Gasteiger charge is -2.16. The van der Waals surface area contributed by atoms with Crippen molar-refractivity contribution in [2.45, 2.75) is 24.7 Å². The zero-order valence-electron chi connectivity index (χ0n) is 9.96. The van der Waals surface area contributed by atoms with Crippen LogP contribution in [0.25, 0.3) is 0 Å². The molecule has 0 spiro atoms. The molecule has 0 N–H and O–H groups in total. The number of methoxy groups -OCH3 is 1. The molecule has 1 saturated heterocycles. The van der Waals surface area contributed by atoms with Gasteiger partial charge in [0.05, 0.1) is 13.2 Å². The lowest BCUT2D eigenvalue weighted by molar-refractivity contribution is -0.120. The summed E-state index contributed by atoms with van der Waals surface area (Å²) in [4.78, 5) is 10.4. The average molecular weight is 273 g/mol. The highest BCUT2D eigenvalue weighted by molar-refractivity contribution is 6.20. The van der Waals surface area contributed by atoms with Gasteiger partial charge in [-0.25, -0.2) is 0 Å². The van der Waals surface area contributed by atoms with E-state index in [9.17, 15) is 4.79 Å². The van der Waals surface area contributed by atoms with E-state index in [4.69, 9.17) is 30.5 Å². The Morgan fingerprint density at radius 3 is 2.67 bits per heavy atom. The van der Waals surface area contributed by atoms with Crippen LogP contribution in [0.5, 0.6) is 17.2 Å². The molecule has 5 nitrogen and oxygen atoms in total. The van der Waals surface area contributed by atoms with Gasteiger partial charge in [0.1, 0.15) is 6.10 Å². The van der Waals surface area contributed by atoms with Gasteiger partial charge in [0.2, 0.25) is 11.3 Å². The standard InChI is InChI=1S/C12H13ClO5/c1-7-10(17-7)12(13)18-11-8(15-2)4-3-5-9(11)16-6-14/h3-7,10,12H,1-2H3. The molecule has 18 heavy (non-hydrogen) atoms. The normalized spacial score (nSPS) is 23.1. The summed E-state index contributed by atoms with van der Waals surface area (Å²) in [5.74, 6) is 0.978. The highest BCUT2D eigenvalue weighted by atomic mass is 35.5. The Morgan fingerprint density at radius 1 is 1.44 bits per heavy atom. The number of hydrogen-bond acceptors (Lipinski definition) is 5. The number of alkyl halides is 1. The molecule has 0 saturated carbocycles. The average Bonchev–Trinajstić information content (AvgIpc) is 3.09. The molecule has 3 unspecified atom stereocenters. The molecule has 6 heteroatoms. The number of epoxide rings is 1. The van der Waals surface area contributed by atoms with Crippen LogP contribution in [0.3, 0.4) is 0 Å². The summed E-state index contributed by atoms with van der Waals surface area (Å²) in [6.07, 6.45) is -0.0988. The summed E-state index contributed by atoms with van der Waals surface area (Å²) < 4.78 is 20.7. The van der Waals surface area contributed by atoms with Crippen LogP contribution in [0, 0.1) is 0 Å². The Labute approximate surface area is 110 Å². The van der Waals surface area contributed by atoms with E-state index in [0.29, 0.717) is 12.2 Å². The Kier molecular flexibility index (Phi) is 3.93. The van der Waals surface area contributed by atoms with Crippen molar-refractivity contribution in [3.8, 4) is 17.2 Å². The SMILES string of the molecule is COc1cccc(OC=O)c1OC(Cl)C1OC1C. The topological polar surface area (TPSA) is 57.3 Å². The summed E-state index contributed by atoms with van der Waals surface area (Å²) in [5, 5.41) is 0. The molecule has 1 aliphatic rings. The highest BCUT2D eigenvalue weighted by Crippen LogP contribution is 2.40. The third kappa shape index (κ3) is 2.68. The van der Waals surface area contributed by atoms with Crippen LogP contribution in [0.2, 0.25) is 0 Å². The van der Waals surface area contributed by atoms with E-state index in [1.165, 1.54) is 7.11 Å². The van der Waals surface area contributed by atoms with Gasteiger partial charge in [0, 0.05) is 0 Å². The summed E-state index contributed by atoms with van der Waals surface area (Å²) in [7, 11) is 1.49. The van der Waals surface area contributed by atoms with Gasteiger partial charge in [-0.1, -0.05) is 17.7 Å². The lowest BCUT2D eigenvalue weighted by atomic mass is 10.3. The van der Waals surface area contributed by atoms with Crippen LogP contribution in [0.4, 0.5) is 0 Å². The number of benzene rings is 1. The number of carbonyl (C=O) groups excluding carboxylic acids is 1. The Hall–Kier alpha value is -1.46. The molecule has 0 aliphatic carbocycles. The van der Waals surface area contributed by atoms with Crippen molar-refractivity contribution in [3.63, 3.8) is 0 Å². The number of ether oxygens (including phenoxy) is 4. The van der Waals surface area contributed by atoms with E-state index in [1.807, 2.05) is 6.92 Å². The van der Waals surface area contributed by atoms with Gasteiger partial charge in [-0.15, -0.1) is 0 Å². The number of halogens is 1. The monoisotopic (exact) mass is 272 g/mol. The Morgan fingerprint density at radius 2 is 2.11 bits per heavy atom. The zero-order valence-corrected chi connectivity index (χ0v) is 10.7. The van der Waals surface area contributed by atoms with Crippen LogP contribution in [-0.4, -0.2) is 31.4 Å². The third-order valence-electron chi connectivity index (χ3n) is 2.58. The van der Waals surface area contributed by atoms with Crippen molar-refractivity contribution >= 4 is 18.1 Å². The minimum Gasteiger partial charge on any atom is -0.493 e. The summed E-state index contributed by atoms with van der Waals surface area (Å²) >= 11 is 6.06. The first-order chi connectivity index (χ1) is 8.67. The Balaban J connectivity index is 2.20. The Bertz CT molecular complexity index is 436. The second-order valence-corrected chi connectivity index (χ2v) is 4.21. The molecule has 1 aromatic carbocycles. The minimum absolute atomic E-state index is 0.0673. The second-order valence-electron chi connectivity index (χ2n) is 3.78. The van der Waals surface area contributed by atoms with E-state index in [1.54, 1.807) is 18.2 Å². The minimum atomic E-state index is -0.662. The largest absolute Gasteiger partial charge is 0.493 e. The van der Waals surface area contributed by atoms with Gasteiger partial charge < -0.3 is 18.9 Å². The number of carbonyl (C=O) groups is 1. The number of hydrogen-bond donors (Lipinski definition) is 0. The van der Waals surface area contributed by atoms with Gasteiger partial charge in [0.25, 0.3) is 6.47 Å². The lowest BCUT2D eigenvalue weighted by Crippen LogP contribution is -2.18. The first-order valence-corrected chi connectivity index (χ1v) is 5.84. The molecule has 3 atom stereocenters. The fourth-order valence-electron chi connectivity index (χ4n) is 1.57. The van der Waals surface area contributed by atoms with Gasteiger partial charge >= 0.3 is 0 Å². The van der Waals surface area contributed by atoms with Gasteiger partial charge in [-0.2, -0.15) is 0 Å². The predicted molar refractivity (Wildman–Crippen MR) is 64.3 cm³/mol. The van der Waals surface area contributed by atoms with Crippen LogP contribution in [0.1, 0.15) is 6.92 Å². The molecule has 1 aliphatic heterocycles. The molecular formula is C12H13ClO5. The summed E-state index contributed by atoms with van der Waals surface area (Å²) in [5.41, 5.74) is -0.662. The van der Waals surface area contributed by atoms with Crippen LogP contribution in [0.15, 0.2) is 18.2 Å². The van der Waals surface area contributed by atoms with Crippen LogP contribution < -0.4 is 14.2 Å². The molecule has 0 radical (unpaired) electrons. The second kappa shape index (κ2) is 5.46. The molecule has 1 fully saturated rings. The van der Waals surface area contributed by atoms with Crippen molar-refractivity contribution in [2.24, 2.45) is 0 Å². The molecule has 0 bridgehead atoms. The zero-order chi connectivity index (χ0) is 13.1. The molecule has 0 aromatic heterocycles. The van der Waals surface area contributed by atoms with E-state index in [0.717, 1.165) is 0 Å². The summed E-state index contributed by atoms with van der Waals surface area (Å²) in [6.45, 7) is 2.22. The smallest absolute Gasteiger partial charge is 0.298 e. The van der Waals surface area contributed by atoms with Crippen molar-refractivity contribution < 1.29 is 23.7 Å². The highest BCUT2D eigenvalue weighted by Gasteiger charge is 2.42.